The van der Waals surface area contributed by atoms with E-state index in [9.17, 15) is 8.42 Å². The summed E-state index contributed by atoms with van der Waals surface area (Å²) >= 11 is 7.22. The number of unbranched alkanes of at least 4 members (excludes halogenated alkanes) is 2. The van der Waals surface area contributed by atoms with Crippen LogP contribution in [0.25, 0.3) is 0 Å². The van der Waals surface area contributed by atoms with E-state index in [-0.39, 0.29) is 5.88 Å². The first-order valence-corrected chi connectivity index (χ1v) is 8.89. The highest BCUT2D eigenvalue weighted by Crippen LogP contribution is 2.30. The molecule has 0 saturated heterocycles. The van der Waals surface area contributed by atoms with E-state index in [4.69, 9.17) is 11.6 Å². The van der Waals surface area contributed by atoms with Gasteiger partial charge in [0.15, 0.2) is 0 Å². The van der Waals surface area contributed by atoms with Crippen LogP contribution < -0.4 is 0 Å². The van der Waals surface area contributed by atoms with Crippen molar-refractivity contribution in [3.05, 3.63) is 15.8 Å². The molecule has 0 aliphatic heterocycles. The molecule has 0 fully saturated rings. The van der Waals surface area contributed by atoms with Gasteiger partial charge >= 0.3 is 0 Å². The number of alkyl halides is 1. The van der Waals surface area contributed by atoms with Crippen LogP contribution in [-0.2, 0) is 15.9 Å². The molecule has 0 atom stereocenters. The lowest BCUT2D eigenvalue weighted by molar-refractivity contribution is 0.454. The molecule has 0 unspecified atom stereocenters. The van der Waals surface area contributed by atoms with E-state index in [0.717, 1.165) is 29.7 Å². The smallest absolute Gasteiger partial charge is 0.207 e. The average molecular weight is 310 g/mol. The molecular formula is C12H20ClNO2S2. The summed E-state index contributed by atoms with van der Waals surface area (Å²) in [6.45, 7) is 4.48. The monoisotopic (exact) mass is 309 g/mol. The molecule has 18 heavy (non-hydrogen) atoms. The summed E-state index contributed by atoms with van der Waals surface area (Å²) in [5.41, 5.74) is 0.790. The van der Waals surface area contributed by atoms with Gasteiger partial charge in [-0.2, -0.15) is 0 Å². The Hall–Kier alpha value is -0.100. The van der Waals surface area contributed by atoms with Crippen molar-refractivity contribution in [1.29, 1.82) is 0 Å². The van der Waals surface area contributed by atoms with Crippen molar-refractivity contribution in [3.8, 4) is 0 Å². The van der Waals surface area contributed by atoms with Crippen LogP contribution in [0.5, 0.6) is 0 Å². The van der Waals surface area contributed by atoms with E-state index in [0.29, 0.717) is 11.4 Å². The van der Waals surface area contributed by atoms with E-state index in [1.165, 1.54) is 15.6 Å². The molecule has 0 aliphatic carbocycles. The zero-order chi connectivity index (χ0) is 13.8. The van der Waals surface area contributed by atoms with E-state index in [1.807, 2.05) is 12.3 Å². The topological polar surface area (TPSA) is 37.4 Å². The molecule has 1 aromatic rings. The quantitative estimate of drug-likeness (QED) is 0.570. The van der Waals surface area contributed by atoms with Gasteiger partial charge in [0, 0.05) is 18.5 Å². The number of thiophene rings is 1. The van der Waals surface area contributed by atoms with Gasteiger partial charge in [0.2, 0.25) is 10.0 Å². The highest BCUT2D eigenvalue weighted by molar-refractivity contribution is 7.89. The highest BCUT2D eigenvalue weighted by atomic mass is 35.5. The zero-order valence-electron chi connectivity index (χ0n) is 11.1. The zero-order valence-corrected chi connectivity index (χ0v) is 13.5. The van der Waals surface area contributed by atoms with Crippen molar-refractivity contribution >= 4 is 33.0 Å². The first-order chi connectivity index (χ1) is 8.45. The molecule has 0 amide bonds. The van der Waals surface area contributed by atoms with Gasteiger partial charge in [0.25, 0.3) is 0 Å². The Morgan fingerprint density at radius 1 is 1.39 bits per heavy atom. The second kappa shape index (κ2) is 6.89. The van der Waals surface area contributed by atoms with Crippen LogP contribution in [-0.4, -0.2) is 26.3 Å². The maximum Gasteiger partial charge on any atom is 0.244 e. The third-order valence-electron chi connectivity index (χ3n) is 2.86. The molecule has 3 nitrogen and oxygen atoms in total. The molecule has 0 radical (unpaired) electrons. The Morgan fingerprint density at radius 3 is 2.61 bits per heavy atom. The summed E-state index contributed by atoms with van der Waals surface area (Å²) in [4.78, 5) is 1.14. The van der Waals surface area contributed by atoms with Crippen LogP contribution in [0.15, 0.2) is 10.3 Å². The molecular weight excluding hydrogens is 290 g/mol. The molecule has 6 heteroatoms. The van der Waals surface area contributed by atoms with E-state index in [2.05, 4.69) is 6.92 Å². The van der Waals surface area contributed by atoms with Crippen molar-refractivity contribution in [2.75, 3.05) is 13.6 Å². The summed E-state index contributed by atoms with van der Waals surface area (Å²) in [6.07, 6.45) is 3.02. The van der Waals surface area contributed by atoms with Gasteiger partial charge in [-0.15, -0.1) is 22.9 Å². The van der Waals surface area contributed by atoms with Gasteiger partial charge in [-0.1, -0.05) is 19.8 Å². The van der Waals surface area contributed by atoms with Crippen LogP contribution in [0.4, 0.5) is 0 Å². The van der Waals surface area contributed by atoms with Crippen molar-refractivity contribution in [3.63, 3.8) is 0 Å². The first-order valence-electron chi connectivity index (χ1n) is 6.04. The fraction of sp³-hybridized carbons (Fsp3) is 0.667. The molecule has 0 aromatic carbocycles. The predicted molar refractivity (Wildman–Crippen MR) is 78.0 cm³/mol. The SMILES string of the molecule is CCCCCN(C)S(=O)(=O)c1c(C)csc1CCl. The first kappa shape index (κ1) is 16.0. The van der Waals surface area contributed by atoms with Crippen LogP contribution in [0.2, 0.25) is 0 Å². The van der Waals surface area contributed by atoms with Crippen LogP contribution in [0.3, 0.4) is 0 Å². The number of sulfonamides is 1. The highest BCUT2D eigenvalue weighted by Gasteiger charge is 2.26. The van der Waals surface area contributed by atoms with Crippen LogP contribution >= 0.6 is 22.9 Å². The predicted octanol–water partition coefficient (Wildman–Crippen LogP) is 3.61. The molecule has 1 aromatic heterocycles. The third-order valence-corrected chi connectivity index (χ3v) is 6.60. The van der Waals surface area contributed by atoms with Crippen molar-refractivity contribution in [1.82, 2.24) is 4.31 Å². The summed E-state index contributed by atoms with van der Waals surface area (Å²) in [5, 5.41) is 1.85. The molecule has 0 saturated carbocycles. The van der Waals surface area contributed by atoms with Gasteiger partial charge in [-0.25, -0.2) is 12.7 Å². The minimum atomic E-state index is -3.39. The summed E-state index contributed by atoms with van der Waals surface area (Å²) in [7, 11) is -1.75. The Bertz CT molecular complexity index is 482. The second-order valence-electron chi connectivity index (χ2n) is 4.34. The van der Waals surface area contributed by atoms with Crippen LogP contribution in [0.1, 0.15) is 36.6 Å². The summed E-state index contributed by atoms with van der Waals surface area (Å²) < 4.78 is 26.4. The standard InChI is InChI=1S/C12H20ClNO2S2/c1-4-5-6-7-14(3)18(15,16)12-10(2)9-17-11(12)8-13/h9H,4-8H2,1-3H3. The number of hydrogen-bond donors (Lipinski definition) is 0. The lowest BCUT2D eigenvalue weighted by atomic mass is 10.2. The normalized spacial score (nSPS) is 12.3. The molecule has 0 bridgehead atoms. The Balaban J connectivity index is 2.94. The number of rotatable bonds is 7. The fourth-order valence-corrected chi connectivity index (χ4v) is 5.00. The molecule has 1 rings (SSSR count). The average Bonchev–Trinajstić information content (AvgIpc) is 2.71. The Labute approximate surface area is 119 Å². The molecule has 104 valence electrons. The van der Waals surface area contributed by atoms with Gasteiger partial charge in [0.05, 0.1) is 5.88 Å². The summed E-state index contributed by atoms with van der Waals surface area (Å²) in [5.74, 6) is 0.246. The second-order valence-corrected chi connectivity index (χ2v) is 7.55. The number of nitrogens with zero attached hydrogens (tertiary/aromatic N) is 1. The van der Waals surface area contributed by atoms with Crippen molar-refractivity contribution < 1.29 is 8.42 Å². The van der Waals surface area contributed by atoms with Crippen LogP contribution in [0, 0.1) is 6.92 Å². The number of aryl methyl sites for hydroxylation is 1. The minimum absolute atomic E-state index is 0.246. The largest absolute Gasteiger partial charge is 0.244 e. The fourth-order valence-electron chi connectivity index (χ4n) is 1.79. The van der Waals surface area contributed by atoms with E-state index >= 15 is 0 Å². The van der Waals surface area contributed by atoms with E-state index in [1.54, 1.807) is 7.05 Å². The maximum atomic E-state index is 12.5. The number of halogens is 1. The van der Waals surface area contributed by atoms with Crippen molar-refractivity contribution in [2.45, 2.75) is 43.9 Å². The molecule has 0 spiro atoms. The molecule has 1 heterocycles. The molecule has 0 aliphatic rings. The Morgan fingerprint density at radius 2 is 2.06 bits per heavy atom. The minimum Gasteiger partial charge on any atom is -0.207 e. The summed E-state index contributed by atoms with van der Waals surface area (Å²) in [6, 6.07) is 0. The maximum absolute atomic E-state index is 12.5. The lowest BCUT2D eigenvalue weighted by Crippen LogP contribution is -2.28. The van der Waals surface area contributed by atoms with Gasteiger partial charge in [-0.3, -0.25) is 0 Å². The van der Waals surface area contributed by atoms with Crippen molar-refractivity contribution in [2.24, 2.45) is 0 Å². The lowest BCUT2D eigenvalue weighted by Gasteiger charge is -2.17. The Kier molecular flexibility index (Phi) is 6.11. The number of hydrogen-bond acceptors (Lipinski definition) is 3. The van der Waals surface area contributed by atoms with Gasteiger partial charge in [0.1, 0.15) is 4.90 Å². The van der Waals surface area contributed by atoms with Gasteiger partial charge < -0.3 is 0 Å². The molecule has 0 N–H and O–H groups in total. The van der Waals surface area contributed by atoms with Gasteiger partial charge in [-0.05, 0) is 24.3 Å². The third kappa shape index (κ3) is 3.47. The van der Waals surface area contributed by atoms with E-state index < -0.39 is 10.0 Å².